The molecular formula is C20H19BrN2O3S2. The van der Waals surface area contributed by atoms with Crippen molar-refractivity contribution in [2.24, 2.45) is 0 Å². The first-order valence-electron chi connectivity index (χ1n) is 8.49. The number of anilines is 1. The molecule has 0 fully saturated rings. The van der Waals surface area contributed by atoms with Gasteiger partial charge in [-0.1, -0.05) is 28.1 Å². The number of esters is 1. The second-order valence-electron chi connectivity index (χ2n) is 7.15. The fourth-order valence-corrected chi connectivity index (χ4v) is 4.36. The van der Waals surface area contributed by atoms with Crippen molar-refractivity contribution in [2.45, 2.75) is 33.3 Å². The van der Waals surface area contributed by atoms with Crippen molar-refractivity contribution >= 4 is 55.7 Å². The Bertz CT molecular complexity index is 1020. The molecule has 0 saturated heterocycles. The van der Waals surface area contributed by atoms with Gasteiger partial charge < -0.3 is 10.1 Å². The quantitative estimate of drug-likeness (QED) is 0.456. The average molecular weight is 479 g/mol. The molecule has 146 valence electrons. The van der Waals surface area contributed by atoms with Crippen molar-refractivity contribution < 1.29 is 14.3 Å². The molecule has 8 heteroatoms. The lowest BCUT2D eigenvalue weighted by molar-refractivity contribution is 0.00722. The highest BCUT2D eigenvalue weighted by molar-refractivity contribution is 9.10. The minimum absolute atomic E-state index is 0.283. The van der Waals surface area contributed by atoms with Crippen LogP contribution in [0.5, 0.6) is 0 Å². The monoisotopic (exact) mass is 478 g/mol. The molecule has 0 aliphatic carbocycles. The topological polar surface area (TPSA) is 68.3 Å². The molecule has 0 saturated carbocycles. The zero-order chi connectivity index (χ0) is 20.5. The Balaban J connectivity index is 2.02. The van der Waals surface area contributed by atoms with Crippen molar-refractivity contribution in [3.8, 4) is 11.1 Å². The molecule has 0 atom stereocenters. The van der Waals surface area contributed by atoms with Gasteiger partial charge in [0.2, 0.25) is 0 Å². The van der Waals surface area contributed by atoms with Gasteiger partial charge in [-0.25, -0.2) is 9.17 Å². The number of rotatable bonds is 4. The molecule has 1 amide bonds. The third kappa shape index (κ3) is 4.68. The molecule has 0 bridgehead atoms. The molecule has 1 N–H and O–H groups in total. The Morgan fingerprint density at radius 3 is 2.43 bits per heavy atom. The predicted octanol–water partition coefficient (Wildman–Crippen LogP) is 6.15. The molecule has 5 nitrogen and oxygen atoms in total. The predicted molar refractivity (Wildman–Crippen MR) is 117 cm³/mol. The number of amides is 1. The number of thiophene rings is 1. The summed E-state index contributed by atoms with van der Waals surface area (Å²) in [5, 5.41) is 5.18. The lowest BCUT2D eigenvalue weighted by Gasteiger charge is -2.20. The number of carbonyl (C=O) groups excluding carboxylic acids is 2. The summed E-state index contributed by atoms with van der Waals surface area (Å²) in [6.45, 7) is 7.27. The van der Waals surface area contributed by atoms with E-state index in [1.807, 2.05) is 57.3 Å². The zero-order valence-corrected chi connectivity index (χ0v) is 19.0. The van der Waals surface area contributed by atoms with E-state index in [0.29, 0.717) is 15.4 Å². The van der Waals surface area contributed by atoms with E-state index >= 15 is 0 Å². The largest absolute Gasteiger partial charge is 0.456 e. The molecule has 0 aliphatic heterocycles. The summed E-state index contributed by atoms with van der Waals surface area (Å²) in [5.74, 6) is -0.753. The van der Waals surface area contributed by atoms with E-state index in [1.54, 1.807) is 6.20 Å². The van der Waals surface area contributed by atoms with E-state index in [2.05, 4.69) is 25.6 Å². The number of nitrogens with one attached hydrogen (secondary N) is 1. The lowest BCUT2D eigenvalue weighted by atomic mass is 10.0. The maximum atomic E-state index is 13.0. The van der Waals surface area contributed by atoms with Crippen molar-refractivity contribution in [3.63, 3.8) is 0 Å². The average Bonchev–Trinajstić information content (AvgIpc) is 3.20. The molecule has 2 heterocycles. The second kappa shape index (κ2) is 8.14. The van der Waals surface area contributed by atoms with Gasteiger partial charge in [-0.3, -0.25) is 4.79 Å². The SMILES string of the molecule is Cc1cnsc1C(=O)Nc1scc(-c2ccc(Br)cc2)c1C(=O)OC(C)(C)C. The molecule has 0 radical (unpaired) electrons. The number of benzene rings is 1. The summed E-state index contributed by atoms with van der Waals surface area (Å²) in [4.78, 5) is 26.1. The molecule has 3 aromatic rings. The normalized spacial score (nSPS) is 11.3. The number of hydrogen-bond donors (Lipinski definition) is 1. The van der Waals surface area contributed by atoms with Crippen LogP contribution in [0.1, 0.15) is 46.4 Å². The van der Waals surface area contributed by atoms with E-state index in [9.17, 15) is 9.59 Å². The Morgan fingerprint density at radius 1 is 1.18 bits per heavy atom. The Labute approximate surface area is 180 Å². The standard InChI is InChI=1S/C20H19BrN2O3S2/c1-11-9-22-28-16(11)17(24)23-18-15(19(25)26-20(2,3)4)14(10-27-18)12-5-7-13(21)8-6-12/h5-10H,1-4H3,(H,23,24). The molecule has 1 aromatic carbocycles. The highest BCUT2D eigenvalue weighted by Gasteiger charge is 2.27. The van der Waals surface area contributed by atoms with E-state index in [-0.39, 0.29) is 5.91 Å². The number of aromatic nitrogens is 1. The Kier molecular flexibility index (Phi) is 6.02. The summed E-state index contributed by atoms with van der Waals surface area (Å²) in [6, 6.07) is 7.65. The highest BCUT2D eigenvalue weighted by atomic mass is 79.9. The maximum Gasteiger partial charge on any atom is 0.342 e. The molecule has 28 heavy (non-hydrogen) atoms. The van der Waals surface area contributed by atoms with E-state index < -0.39 is 11.6 Å². The first-order chi connectivity index (χ1) is 13.2. The van der Waals surface area contributed by atoms with E-state index in [1.165, 1.54) is 11.3 Å². The second-order valence-corrected chi connectivity index (χ2v) is 9.75. The molecule has 0 unspecified atom stereocenters. The van der Waals surface area contributed by atoms with Crippen LogP contribution in [0, 0.1) is 6.92 Å². The maximum absolute atomic E-state index is 13.0. The van der Waals surface area contributed by atoms with Crippen LogP contribution >= 0.6 is 38.8 Å². The van der Waals surface area contributed by atoms with Crippen LogP contribution in [0.4, 0.5) is 5.00 Å². The van der Waals surface area contributed by atoms with Crippen molar-refractivity contribution in [3.05, 3.63) is 56.3 Å². The summed E-state index contributed by atoms with van der Waals surface area (Å²) in [6.07, 6.45) is 1.65. The smallest absolute Gasteiger partial charge is 0.342 e. The van der Waals surface area contributed by atoms with Crippen LogP contribution in [-0.2, 0) is 4.74 Å². The Hall–Kier alpha value is -2.03. The van der Waals surface area contributed by atoms with Gasteiger partial charge in [0.15, 0.2) is 0 Å². The van der Waals surface area contributed by atoms with Crippen molar-refractivity contribution in [2.75, 3.05) is 5.32 Å². The van der Waals surface area contributed by atoms with Crippen LogP contribution in [-0.4, -0.2) is 21.9 Å². The first kappa shape index (κ1) is 20.7. The fourth-order valence-electron chi connectivity index (χ4n) is 2.49. The van der Waals surface area contributed by atoms with E-state index in [0.717, 1.165) is 32.7 Å². The van der Waals surface area contributed by atoms with Crippen LogP contribution in [0.25, 0.3) is 11.1 Å². The van der Waals surface area contributed by atoms with Crippen molar-refractivity contribution in [1.82, 2.24) is 4.37 Å². The third-order valence-electron chi connectivity index (χ3n) is 3.73. The van der Waals surface area contributed by atoms with Gasteiger partial charge in [0.25, 0.3) is 5.91 Å². The number of aryl methyl sites for hydroxylation is 1. The van der Waals surface area contributed by atoms with Crippen LogP contribution in [0.15, 0.2) is 40.3 Å². The van der Waals surface area contributed by atoms with Gasteiger partial charge in [0.1, 0.15) is 21.0 Å². The minimum atomic E-state index is -0.647. The first-order valence-corrected chi connectivity index (χ1v) is 10.9. The van der Waals surface area contributed by atoms with Gasteiger partial charge in [0, 0.05) is 21.6 Å². The molecule has 0 aliphatic rings. The summed E-state index contributed by atoms with van der Waals surface area (Å²) >= 11 is 5.85. The number of carbonyl (C=O) groups is 2. The number of hydrogen-bond acceptors (Lipinski definition) is 6. The zero-order valence-electron chi connectivity index (χ0n) is 15.8. The summed E-state index contributed by atoms with van der Waals surface area (Å²) in [7, 11) is 0. The molecule has 0 spiro atoms. The van der Waals surface area contributed by atoms with Gasteiger partial charge in [-0.2, -0.15) is 0 Å². The summed E-state index contributed by atoms with van der Waals surface area (Å²) in [5.41, 5.74) is 2.10. The highest BCUT2D eigenvalue weighted by Crippen LogP contribution is 2.37. The van der Waals surface area contributed by atoms with Gasteiger partial charge in [-0.05, 0) is 62.5 Å². The molecule has 2 aromatic heterocycles. The van der Waals surface area contributed by atoms with Gasteiger partial charge >= 0.3 is 5.97 Å². The Morgan fingerprint density at radius 2 is 1.86 bits per heavy atom. The van der Waals surface area contributed by atoms with Crippen LogP contribution < -0.4 is 5.32 Å². The summed E-state index contributed by atoms with van der Waals surface area (Å²) < 4.78 is 10.6. The lowest BCUT2D eigenvalue weighted by Crippen LogP contribution is -2.25. The molecule has 3 rings (SSSR count). The van der Waals surface area contributed by atoms with Gasteiger partial charge in [-0.15, -0.1) is 11.3 Å². The van der Waals surface area contributed by atoms with E-state index in [4.69, 9.17) is 4.74 Å². The van der Waals surface area contributed by atoms with Crippen LogP contribution in [0.3, 0.4) is 0 Å². The number of nitrogens with zero attached hydrogens (tertiary/aromatic N) is 1. The molecular weight excluding hydrogens is 460 g/mol. The van der Waals surface area contributed by atoms with Crippen molar-refractivity contribution in [1.29, 1.82) is 0 Å². The fraction of sp³-hybridized carbons (Fsp3) is 0.250. The van der Waals surface area contributed by atoms with Crippen LogP contribution in [0.2, 0.25) is 0 Å². The van der Waals surface area contributed by atoms with Gasteiger partial charge in [0.05, 0.1) is 0 Å². The number of halogens is 1. The minimum Gasteiger partial charge on any atom is -0.456 e. The third-order valence-corrected chi connectivity index (χ3v) is 6.06. The number of ether oxygens (including phenoxy) is 1.